The van der Waals surface area contributed by atoms with Gasteiger partial charge in [0.2, 0.25) is 11.8 Å². The van der Waals surface area contributed by atoms with Crippen LogP contribution in [-0.4, -0.2) is 51.7 Å². The molecule has 10 nitrogen and oxygen atoms in total. The first-order valence-corrected chi connectivity index (χ1v) is 12.6. The van der Waals surface area contributed by atoms with Crippen molar-refractivity contribution in [2.75, 3.05) is 6.61 Å². The molecular weight excluding hydrogens is 486 g/mol. The summed E-state index contributed by atoms with van der Waals surface area (Å²) in [7, 11) is 0. The molecule has 0 fully saturated rings. The predicted octanol–water partition coefficient (Wildman–Crippen LogP) is 2.63. The number of carbonyl (C=O) groups is 3. The van der Waals surface area contributed by atoms with E-state index in [1.54, 1.807) is 36.5 Å². The van der Waals surface area contributed by atoms with Gasteiger partial charge in [0.25, 0.3) is 0 Å². The molecule has 3 atom stereocenters. The third kappa shape index (κ3) is 9.04. The minimum atomic E-state index is -1.11. The molecule has 2 aromatic carbocycles. The van der Waals surface area contributed by atoms with Crippen LogP contribution in [0.5, 0.6) is 0 Å². The topological polar surface area (TPSA) is 145 Å². The van der Waals surface area contributed by atoms with Gasteiger partial charge in [0.1, 0.15) is 18.7 Å². The number of ether oxygens (including phenoxy) is 1. The molecule has 3 aromatic rings. The number of alkyl carbamates (subject to hydrolysis) is 1. The van der Waals surface area contributed by atoms with Crippen molar-refractivity contribution in [1.29, 1.82) is 0 Å². The quantitative estimate of drug-likeness (QED) is 0.234. The molecule has 0 saturated carbocycles. The van der Waals surface area contributed by atoms with Crippen molar-refractivity contribution in [1.82, 2.24) is 25.9 Å². The Morgan fingerprint density at radius 2 is 1.63 bits per heavy atom. The van der Waals surface area contributed by atoms with E-state index in [0.29, 0.717) is 17.7 Å². The van der Waals surface area contributed by atoms with Crippen molar-refractivity contribution < 1.29 is 24.2 Å². The lowest BCUT2D eigenvalue weighted by atomic mass is 10.0. The molecule has 0 spiro atoms. The zero-order valence-corrected chi connectivity index (χ0v) is 21.6. The van der Waals surface area contributed by atoms with Gasteiger partial charge >= 0.3 is 6.09 Å². The molecule has 0 saturated heterocycles. The van der Waals surface area contributed by atoms with Gasteiger partial charge in [-0.1, -0.05) is 74.5 Å². The van der Waals surface area contributed by atoms with Gasteiger partial charge in [-0.25, -0.2) is 9.78 Å². The number of aliphatic hydroxyl groups is 1. The number of nitrogens with one attached hydrogen (secondary N) is 4. The molecule has 5 N–H and O–H groups in total. The van der Waals surface area contributed by atoms with Crippen LogP contribution in [0, 0.1) is 5.92 Å². The molecule has 202 valence electrons. The van der Waals surface area contributed by atoms with E-state index in [-0.39, 0.29) is 25.6 Å². The minimum absolute atomic E-state index is 0.0407. The van der Waals surface area contributed by atoms with Gasteiger partial charge in [-0.05, 0) is 23.5 Å². The van der Waals surface area contributed by atoms with E-state index in [0.717, 1.165) is 5.56 Å². The van der Waals surface area contributed by atoms with Crippen molar-refractivity contribution in [2.24, 2.45) is 5.92 Å². The number of carbonyl (C=O) groups excluding carboxylic acids is 3. The summed E-state index contributed by atoms with van der Waals surface area (Å²) in [5, 5.41) is 17.9. The Bertz CT molecular complexity index is 1140. The first-order valence-electron chi connectivity index (χ1n) is 12.6. The number of hydrogen-bond donors (Lipinski definition) is 5. The fourth-order valence-electron chi connectivity index (χ4n) is 3.96. The summed E-state index contributed by atoms with van der Waals surface area (Å²) >= 11 is 0. The Morgan fingerprint density at radius 1 is 0.947 bits per heavy atom. The van der Waals surface area contributed by atoms with Crippen LogP contribution in [0.25, 0.3) is 0 Å². The second kappa shape index (κ2) is 14.5. The molecule has 0 unspecified atom stereocenters. The Balaban J connectivity index is 1.75. The summed E-state index contributed by atoms with van der Waals surface area (Å²) in [5.41, 5.74) is 1.97. The molecule has 1 heterocycles. The van der Waals surface area contributed by atoms with Crippen LogP contribution in [-0.2, 0) is 27.4 Å². The summed E-state index contributed by atoms with van der Waals surface area (Å²) < 4.78 is 5.32. The molecule has 3 amide bonds. The lowest BCUT2D eigenvalue weighted by Crippen LogP contribution is -2.54. The average Bonchev–Trinajstić information content (AvgIpc) is 3.43. The van der Waals surface area contributed by atoms with Crippen LogP contribution in [0.15, 0.2) is 73.2 Å². The normalized spacial score (nSPS) is 13.3. The molecule has 0 aliphatic rings. The van der Waals surface area contributed by atoms with Gasteiger partial charge in [-0.2, -0.15) is 0 Å². The molecule has 1 aromatic heterocycles. The van der Waals surface area contributed by atoms with Crippen molar-refractivity contribution in [3.63, 3.8) is 0 Å². The standard InChI is InChI=1S/C28H35N5O5/c1-19(2)13-23(16-34)31-26(35)24(14-22-15-29-18-30-22)32-27(36)25(21-11-7-4-8-12-21)33-28(37)38-17-20-9-5-3-6-10-20/h3-12,15,18-19,23-25,34H,13-14,16-17H2,1-2H3,(H,29,30)(H,31,35)(H,32,36)(H,33,37)/t23-,24-,25-/m0/s1. The lowest BCUT2D eigenvalue weighted by molar-refractivity contribution is -0.130. The molecule has 10 heteroatoms. The first-order chi connectivity index (χ1) is 18.4. The monoisotopic (exact) mass is 521 g/mol. The Kier molecular flexibility index (Phi) is 10.9. The van der Waals surface area contributed by atoms with E-state index in [2.05, 4.69) is 25.9 Å². The Morgan fingerprint density at radius 3 is 2.24 bits per heavy atom. The molecule has 0 aliphatic carbocycles. The maximum Gasteiger partial charge on any atom is 0.408 e. The zero-order valence-electron chi connectivity index (χ0n) is 21.6. The van der Waals surface area contributed by atoms with E-state index >= 15 is 0 Å². The van der Waals surface area contributed by atoms with Crippen LogP contribution >= 0.6 is 0 Å². The number of benzene rings is 2. The maximum atomic E-state index is 13.5. The van der Waals surface area contributed by atoms with E-state index in [4.69, 9.17) is 4.74 Å². The van der Waals surface area contributed by atoms with Crippen molar-refractivity contribution >= 4 is 17.9 Å². The second-order valence-electron chi connectivity index (χ2n) is 9.41. The number of hydrogen-bond acceptors (Lipinski definition) is 6. The highest BCUT2D eigenvalue weighted by molar-refractivity contribution is 5.92. The molecule has 0 aliphatic heterocycles. The summed E-state index contributed by atoms with van der Waals surface area (Å²) in [6, 6.07) is 15.3. The largest absolute Gasteiger partial charge is 0.445 e. The molecule has 3 rings (SSSR count). The van der Waals surface area contributed by atoms with Crippen LogP contribution < -0.4 is 16.0 Å². The minimum Gasteiger partial charge on any atom is -0.445 e. The van der Waals surface area contributed by atoms with Crippen molar-refractivity contribution in [2.45, 2.75) is 51.4 Å². The summed E-state index contributed by atoms with van der Waals surface area (Å²) in [5.74, 6) is -0.787. The van der Waals surface area contributed by atoms with Gasteiger partial charge < -0.3 is 30.8 Å². The first kappa shape index (κ1) is 28.4. The smallest absolute Gasteiger partial charge is 0.408 e. The molecular formula is C28H35N5O5. The van der Waals surface area contributed by atoms with Gasteiger partial charge in [-0.3, -0.25) is 9.59 Å². The van der Waals surface area contributed by atoms with Crippen LogP contribution in [0.3, 0.4) is 0 Å². The van der Waals surface area contributed by atoms with Gasteiger partial charge in [0, 0.05) is 18.3 Å². The van der Waals surface area contributed by atoms with Crippen LogP contribution in [0.1, 0.15) is 43.1 Å². The SMILES string of the molecule is CC(C)C[C@@H](CO)NC(=O)[C@H](Cc1cnc[nH]1)NC(=O)[C@@H](NC(=O)OCc1ccccc1)c1ccccc1. The summed E-state index contributed by atoms with van der Waals surface area (Å²) in [6.45, 7) is 3.80. The number of H-pyrrole nitrogens is 1. The Hall–Kier alpha value is -4.18. The fourth-order valence-corrected chi connectivity index (χ4v) is 3.96. The molecule has 38 heavy (non-hydrogen) atoms. The molecule has 0 radical (unpaired) electrons. The van der Waals surface area contributed by atoms with Crippen LogP contribution in [0.4, 0.5) is 4.79 Å². The fraction of sp³-hybridized carbons (Fsp3) is 0.357. The van der Waals surface area contributed by atoms with Crippen LogP contribution in [0.2, 0.25) is 0 Å². The predicted molar refractivity (Wildman–Crippen MR) is 142 cm³/mol. The number of rotatable bonds is 13. The third-order valence-corrected chi connectivity index (χ3v) is 5.80. The average molecular weight is 522 g/mol. The van der Waals surface area contributed by atoms with E-state index < -0.39 is 36.0 Å². The van der Waals surface area contributed by atoms with Crippen molar-refractivity contribution in [3.8, 4) is 0 Å². The van der Waals surface area contributed by atoms with E-state index in [1.165, 1.54) is 6.33 Å². The number of nitrogens with zero attached hydrogens (tertiary/aromatic N) is 1. The Labute approximate surface area is 222 Å². The highest BCUT2D eigenvalue weighted by Gasteiger charge is 2.30. The maximum absolute atomic E-state index is 13.5. The number of aromatic amines is 1. The number of imidazole rings is 1. The van der Waals surface area contributed by atoms with Gasteiger partial charge in [0.05, 0.1) is 19.0 Å². The second-order valence-corrected chi connectivity index (χ2v) is 9.41. The molecule has 0 bridgehead atoms. The van der Waals surface area contributed by atoms with Gasteiger partial charge in [-0.15, -0.1) is 0 Å². The lowest BCUT2D eigenvalue weighted by Gasteiger charge is -2.25. The van der Waals surface area contributed by atoms with E-state index in [9.17, 15) is 19.5 Å². The summed E-state index contributed by atoms with van der Waals surface area (Å²) in [4.78, 5) is 46.3. The van der Waals surface area contributed by atoms with Crippen molar-refractivity contribution in [3.05, 3.63) is 90.0 Å². The number of aromatic nitrogens is 2. The van der Waals surface area contributed by atoms with E-state index in [1.807, 2.05) is 44.2 Å². The zero-order chi connectivity index (χ0) is 27.3. The highest BCUT2D eigenvalue weighted by atomic mass is 16.5. The highest BCUT2D eigenvalue weighted by Crippen LogP contribution is 2.15. The van der Waals surface area contributed by atoms with Gasteiger partial charge in [0.15, 0.2) is 0 Å². The summed E-state index contributed by atoms with van der Waals surface area (Å²) in [6.07, 6.45) is 2.99. The number of aliphatic hydroxyl groups excluding tert-OH is 1. The number of amides is 3. The third-order valence-electron chi connectivity index (χ3n) is 5.80.